The molecule has 110 valence electrons. The first-order valence-corrected chi connectivity index (χ1v) is 7.12. The first-order valence-electron chi connectivity index (χ1n) is 7.12. The molecule has 1 aliphatic heterocycles. The Morgan fingerprint density at radius 1 is 1.05 bits per heavy atom. The van der Waals surface area contributed by atoms with Gasteiger partial charge in [-0.25, -0.2) is 4.98 Å². The van der Waals surface area contributed by atoms with Crippen molar-refractivity contribution in [3.8, 4) is 0 Å². The summed E-state index contributed by atoms with van der Waals surface area (Å²) in [5.74, 6) is 0.755. The molecule has 0 unspecified atom stereocenters. The predicted molar refractivity (Wildman–Crippen MR) is 84.8 cm³/mol. The van der Waals surface area contributed by atoms with Crippen LogP contribution in [0.5, 0.6) is 0 Å². The van der Waals surface area contributed by atoms with E-state index in [1.807, 2.05) is 52.9 Å². The van der Waals surface area contributed by atoms with E-state index in [-0.39, 0.29) is 18.3 Å². The van der Waals surface area contributed by atoms with Crippen molar-refractivity contribution in [1.82, 2.24) is 9.97 Å². The molecule has 3 rings (SSSR count). The normalized spacial score (nSPS) is 20.0. The number of aromatic nitrogens is 2. The second kappa shape index (κ2) is 4.68. The molecule has 0 spiro atoms. The second-order valence-corrected chi connectivity index (χ2v) is 6.34. The van der Waals surface area contributed by atoms with Gasteiger partial charge in [0.15, 0.2) is 0 Å². The summed E-state index contributed by atoms with van der Waals surface area (Å²) >= 11 is 0. The van der Waals surface area contributed by atoms with Gasteiger partial charge in [-0.1, -0.05) is 6.07 Å². The van der Waals surface area contributed by atoms with Crippen molar-refractivity contribution < 1.29 is 9.31 Å². The Balaban J connectivity index is 1.96. The standard InChI is InChI=1S/C15H20BN3O2/c1-14(2)15(3,4)21-16(20-14)10-6-7-11-12(8-10)18-9-13(17-5)19-11/h6-9H,1-5H3,(H,17,19). The van der Waals surface area contributed by atoms with E-state index in [2.05, 4.69) is 15.3 Å². The number of benzene rings is 1. The fraction of sp³-hybridized carbons (Fsp3) is 0.467. The number of hydrogen-bond donors (Lipinski definition) is 1. The number of rotatable bonds is 2. The van der Waals surface area contributed by atoms with E-state index in [1.54, 1.807) is 6.20 Å². The molecule has 2 aromatic rings. The number of nitrogens with one attached hydrogen (secondary N) is 1. The average molecular weight is 285 g/mol. The molecule has 5 nitrogen and oxygen atoms in total. The Kier molecular flexibility index (Phi) is 3.18. The third-order valence-corrected chi connectivity index (χ3v) is 4.35. The van der Waals surface area contributed by atoms with Gasteiger partial charge in [0, 0.05) is 7.05 Å². The Labute approximate surface area is 125 Å². The zero-order valence-corrected chi connectivity index (χ0v) is 13.1. The van der Waals surface area contributed by atoms with Crippen molar-refractivity contribution >= 4 is 29.4 Å². The maximum absolute atomic E-state index is 6.06. The molecule has 1 N–H and O–H groups in total. The molecule has 1 aromatic heterocycles. The summed E-state index contributed by atoms with van der Waals surface area (Å²) in [5.41, 5.74) is 1.97. The van der Waals surface area contributed by atoms with E-state index in [0.29, 0.717) is 0 Å². The largest absolute Gasteiger partial charge is 0.494 e. The van der Waals surface area contributed by atoms with E-state index in [1.165, 1.54) is 0 Å². The van der Waals surface area contributed by atoms with Crippen LogP contribution in [0.1, 0.15) is 27.7 Å². The first-order chi connectivity index (χ1) is 9.82. The molecule has 6 heteroatoms. The van der Waals surface area contributed by atoms with Gasteiger partial charge in [-0.2, -0.15) is 0 Å². The van der Waals surface area contributed by atoms with Crippen LogP contribution in [-0.2, 0) is 9.31 Å². The fourth-order valence-electron chi connectivity index (χ4n) is 2.27. The minimum Gasteiger partial charge on any atom is -0.399 e. The van der Waals surface area contributed by atoms with Gasteiger partial charge in [0.05, 0.1) is 28.4 Å². The number of hydrogen-bond acceptors (Lipinski definition) is 5. The van der Waals surface area contributed by atoms with Gasteiger partial charge in [-0.05, 0) is 45.3 Å². The summed E-state index contributed by atoms with van der Waals surface area (Å²) in [6.07, 6.45) is 1.72. The summed E-state index contributed by atoms with van der Waals surface area (Å²) in [6.45, 7) is 8.19. The molecular formula is C15H20BN3O2. The zero-order valence-electron chi connectivity index (χ0n) is 13.1. The molecule has 2 heterocycles. The van der Waals surface area contributed by atoms with Crippen LogP contribution >= 0.6 is 0 Å². The lowest BCUT2D eigenvalue weighted by molar-refractivity contribution is 0.00578. The Morgan fingerprint density at radius 3 is 2.33 bits per heavy atom. The topological polar surface area (TPSA) is 56.3 Å². The van der Waals surface area contributed by atoms with E-state index in [0.717, 1.165) is 22.3 Å². The molecular weight excluding hydrogens is 265 g/mol. The molecule has 21 heavy (non-hydrogen) atoms. The zero-order chi connectivity index (χ0) is 15.3. The average Bonchev–Trinajstić information content (AvgIpc) is 2.66. The lowest BCUT2D eigenvalue weighted by Crippen LogP contribution is -2.41. The van der Waals surface area contributed by atoms with Crippen LogP contribution in [0.25, 0.3) is 11.0 Å². The van der Waals surface area contributed by atoms with Crippen LogP contribution in [0.3, 0.4) is 0 Å². The summed E-state index contributed by atoms with van der Waals surface area (Å²) < 4.78 is 12.1. The third kappa shape index (κ3) is 2.38. The van der Waals surface area contributed by atoms with E-state index >= 15 is 0 Å². The van der Waals surface area contributed by atoms with Crippen molar-refractivity contribution in [2.24, 2.45) is 0 Å². The van der Waals surface area contributed by atoms with Gasteiger partial charge >= 0.3 is 7.12 Å². The highest BCUT2D eigenvalue weighted by atomic mass is 16.7. The van der Waals surface area contributed by atoms with Crippen molar-refractivity contribution in [2.45, 2.75) is 38.9 Å². The Bertz CT molecular complexity index is 672. The molecule has 0 radical (unpaired) electrons. The smallest absolute Gasteiger partial charge is 0.399 e. The highest BCUT2D eigenvalue weighted by Gasteiger charge is 2.51. The predicted octanol–water partition coefficient (Wildman–Crippen LogP) is 1.97. The summed E-state index contributed by atoms with van der Waals surface area (Å²) in [5, 5.41) is 2.99. The Hall–Kier alpha value is -1.66. The van der Waals surface area contributed by atoms with Crippen molar-refractivity contribution in [2.75, 3.05) is 12.4 Å². The van der Waals surface area contributed by atoms with E-state index in [9.17, 15) is 0 Å². The molecule has 1 saturated heterocycles. The fourth-order valence-corrected chi connectivity index (χ4v) is 2.27. The SMILES string of the molecule is CNc1cnc2cc(B3OC(C)(C)C(C)(C)O3)ccc2n1. The molecule has 0 bridgehead atoms. The van der Waals surface area contributed by atoms with Gasteiger partial charge in [0.2, 0.25) is 0 Å². The van der Waals surface area contributed by atoms with Crippen LogP contribution in [0, 0.1) is 0 Å². The number of anilines is 1. The van der Waals surface area contributed by atoms with Crippen LogP contribution in [0.4, 0.5) is 5.82 Å². The van der Waals surface area contributed by atoms with E-state index in [4.69, 9.17) is 9.31 Å². The first kappa shape index (κ1) is 14.3. The monoisotopic (exact) mass is 285 g/mol. The van der Waals surface area contributed by atoms with Crippen LogP contribution in [0.15, 0.2) is 24.4 Å². The third-order valence-electron chi connectivity index (χ3n) is 4.35. The quantitative estimate of drug-likeness (QED) is 0.855. The molecule has 0 saturated carbocycles. The Morgan fingerprint density at radius 2 is 1.71 bits per heavy atom. The highest BCUT2D eigenvalue weighted by Crippen LogP contribution is 2.36. The van der Waals surface area contributed by atoms with Gasteiger partial charge < -0.3 is 14.6 Å². The van der Waals surface area contributed by atoms with Gasteiger partial charge in [0.1, 0.15) is 5.82 Å². The second-order valence-electron chi connectivity index (χ2n) is 6.34. The summed E-state index contributed by atoms with van der Waals surface area (Å²) in [6, 6.07) is 5.91. The minimum absolute atomic E-state index is 0.339. The van der Waals surface area contributed by atoms with Crippen LogP contribution in [-0.4, -0.2) is 35.3 Å². The van der Waals surface area contributed by atoms with Crippen molar-refractivity contribution in [3.63, 3.8) is 0 Å². The lowest BCUT2D eigenvalue weighted by atomic mass is 9.79. The van der Waals surface area contributed by atoms with Crippen LogP contribution < -0.4 is 10.8 Å². The highest BCUT2D eigenvalue weighted by molar-refractivity contribution is 6.62. The summed E-state index contributed by atoms with van der Waals surface area (Å²) in [7, 11) is 1.46. The maximum Gasteiger partial charge on any atom is 0.494 e. The van der Waals surface area contributed by atoms with Gasteiger partial charge in [-0.3, -0.25) is 4.98 Å². The summed E-state index contributed by atoms with van der Waals surface area (Å²) in [4.78, 5) is 8.88. The molecule has 1 aliphatic rings. The molecule has 1 fully saturated rings. The molecule has 0 aliphatic carbocycles. The van der Waals surface area contributed by atoms with Gasteiger partial charge in [0.25, 0.3) is 0 Å². The maximum atomic E-state index is 6.06. The van der Waals surface area contributed by atoms with E-state index < -0.39 is 0 Å². The minimum atomic E-state index is -0.370. The molecule has 0 atom stereocenters. The number of nitrogens with zero attached hydrogens (tertiary/aromatic N) is 2. The molecule has 0 amide bonds. The lowest BCUT2D eigenvalue weighted by Gasteiger charge is -2.32. The van der Waals surface area contributed by atoms with Crippen molar-refractivity contribution in [3.05, 3.63) is 24.4 Å². The van der Waals surface area contributed by atoms with Gasteiger partial charge in [-0.15, -0.1) is 0 Å². The van der Waals surface area contributed by atoms with Crippen LogP contribution in [0.2, 0.25) is 0 Å². The number of fused-ring (bicyclic) bond motifs is 1. The van der Waals surface area contributed by atoms with Crippen molar-refractivity contribution in [1.29, 1.82) is 0 Å². The molecule has 1 aromatic carbocycles.